The van der Waals surface area contributed by atoms with E-state index in [1.165, 1.54) is 19.1 Å². The number of carbonyl (C=O) groups excluding carboxylic acids is 10. The van der Waals surface area contributed by atoms with Crippen molar-refractivity contribution in [1.82, 2.24) is 45.6 Å². The van der Waals surface area contributed by atoms with E-state index in [9.17, 15) is 62.4 Å². The highest BCUT2D eigenvalue weighted by Crippen LogP contribution is 2.51. The van der Waals surface area contributed by atoms with Crippen molar-refractivity contribution < 1.29 is 51.8 Å². The van der Waals surface area contributed by atoms with Crippen LogP contribution in [0.2, 0.25) is 15.1 Å². The summed E-state index contributed by atoms with van der Waals surface area (Å²) >= 11 is 19.2. The summed E-state index contributed by atoms with van der Waals surface area (Å²) in [5.41, 5.74) is 8.43. The standard InChI is InChI=1S/C29H37ClN4O4.2C29H35ClN4O3.CH3FS/c1-28(2)13-18(23(35)15-28)12-20(25(31)36)33-26(37)22-14-29(9-4-3-5-10-29)16-34(22)27(38)21-11-17-7-6-8-19(30)24(17)32-21;2*1-28(2)13-19(24(35)15-28)11-20(16-31)32-26(36)23-14-29(9-4-3-5-10-29)17-34(23)27(37)22-12-18-7-6-8-21(30)25(18)33-22;1-3-2/h6-8,11,18,20,22,32H,3-5,9-10,12-16H2,1-2H3,(H2,31,36)(H,33,37);2*6-8,12,19-20,23,33H,3-5,9-11,13-15,17H2,1-2H3,(H,32,36);1H3/t18-,20+,22?;2*19-,20+,23?;/m111./s1. The number of nitrogens with two attached hydrogens (primary N) is 1. The van der Waals surface area contributed by atoms with E-state index in [-0.39, 0.29) is 122 Å². The van der Waals surface area contributed by atoms with Gasteiger partial charge in [-0.25, -0.2) is 0 Å². The van der Waals surface area contributed by atoms with Crippen LogP contribution in [0, 0.1) is 72.9 Å². The average molecular weight is 1650 g/mol. The van der Waals surface area contributed by atoms with Gasteiger partial charge in [0.25, 0.3) is 17.7 Å². The third-order valence-corrected chi connectivity index (χ3v) is 27.3. The smallest absolute Gasteiger partial charge is 0.271 e. The first-order chi connectivity index (χ1) is 54.6. The third kappa shape index (κ3) is 19.8. The Bertz CT molecular complexity index is 4590. The van der Waals surface area contributed by atoms with Gasteiger partial charge in [-0.1, -0.05) is 171 Å². The first kappa shape index (κ1) is 86.1. The highest BCUT2D eigenvalue weighted by Gasteiger charge is 2.54. The average Bonchev–Trinajstić information content (AvgIpc) is 1.62. The maximum absolute atomic E-state index is 13.8. The van der Waals surface area contributed by atoms with Gasteiger partial charge >= 0.3 is 0 Å². The quantitative estimate of drug-likeness (QED) is 0.0474. The Morgan fingerprint density at radius 2 is 0.757 bits per heavy atom. The number of aromatic nitrogens is 3. The lowest BCUT2D eigenvalue weighted by Crippen LogP contribution is -2.53. The predicted molar refractivity (Wildman–Crippen MR) is 444 cm³/mol. The van der Waals surface area contributed by atoms with Gasteiger partial charge < -0.3 is 51.3 Å². The molecule has 115 heavy (non-hydrogen) atoms. The molecule has 0 bridgehead atoms. The van der Waals surface area contributed by atoms with Gasteiger partial charge in [-0.3, -0.25) is 47.9 Å². The molecule has 6 aliphatic carbocycles. The van der Waals surface area contributed by atoms with Crippen LogP contribution in [0.1, 0.15) is 246 Å². The van der Waals surface area contributed by atoms with E-state index in [1.54, 1.807) is 51.1 Å². The van der Waals surface area contributed by atoms with E-state index >= 15 is 0 Å². The molecule has 22 nitrogen and oxygen atoms in total. The number of nitrogens with one attached hydrogen (secondary N) is 6. The largest absolute Gasteiger partial charge is 0.368 e. The number of rotatable bonds is 16. The zero-order chi connectivity index (χ0) is 82.7. The summed E-state index contributed by atoms with van der Waals surface area (Å²) in [6, 6.07) is 21.7. The third-order valence-electron chi connectivity index (χ3n) is 26.4. The van der Waals surface area contributed by atoms with Crippen LogP contribution in [0.25, 0.3) is 32.7 Å². The van der Waals surface area contributed by atoms with Crippen LogP contribution >= 0.6 is 47.0 Å². The van der Waals surface area contributed by atoms with Crippen molar-refractivity contribution in [3.05, 3.63) is 105 Å². The van der Waals surface area contributed by atoms with E-state index in [0.29, 0.717) is 126 Å². The Kier molecular flexibility index (Phi) is 26.6. The van der Waals surface area contributed by atoms with Gasteiger partial charge in [0.05, 0.1) is 43.8 Å². The summed E-state index contributed by atoms with van der Waals surface area (Å²) in [5, 5.41) is 32.4. The number of nitrogens with zero attached hydrogens (tertiary/aromatic N) is 5. The monoisotopic (exact) mass is 1650 g/mol. The fraction of sp³-hybridized carbons (Fsp3) is 0.591. The van der Waals surface area contributed by atoms with Gasteiger partial charge in [-0.2, -0.15) is 14.4 Å². The van der Waals surface area contributed by atoms with Gasteiger partial charge in [0.15, 0.2) is 0 Å². The molecule has 3 saturated heterocycles. The highest BCUT2D eigenvalue weighted by molar-refractivity contribution is 7.93. The summed E-state index contributed by atoms with van der Waals surface area (Å²) in [4.78, 5) is 147. The first-order valence-electron chi connectivity index (χ1n) is 41.1. The van der Waals surface area contributed by atoms with Crippen LogP contribution in [0.3, 0.4) is 0 Å². The van der Waals surface area contributed by atoms with Crippen LogP contribution in [0.5, 0.6) is 0 Å². The lowest BCUT2D eigenvalue weighted by atomic mass is 9.72. The van der Waals surface area contributed by atoms with Crippen molar-refractivity contribution in [2.75, 3.05) is 25.9 Å². The Labute approximate surface area is 692 Å². The number of nitriles is 2. The van der Waals surface area contributed by atoms with E-state index < -0.39 is 42.2 Å². The van der Waals surface area contributed by atoms with Gasteiger partial charge in [0.1, 0.15) is 70.7 Å². The first-order valence-corrected chi connectivity index (χ1v) is 43.3. The molecule has 6 aromatic rings. The predicted octanol–water partition coefficient (Wildman–Crippen LogP) is 16.4. The molecular formula is C88H110Cl3FN12O10S. The zero-order valence-corrected chi connectivity index (χ0v) is 70.2. The lowest BCUT2D eigenvalue weighted by molar-refractivity contribution is -0.130. The molecule has 0 radical (unpaired) electrons. The molecule has 3 unspecified atom stereocenters. The highest BCUT2D eigenvalue weighted by atomic mass is 35.5. The second kappa shape index (κ2) is 35.5. The Morgan fingerprint density at radius 1 is 0.478 bits per heavy atom. The molecule has 3 spiro atoms. The molecule has 27 heteroatoms. The number of para-hydroxylation sites is 3. The van der Waals surface area contributed by atoms with Gasteiger partial charge in [-0.15, -0.1) is 0 Å². The van der Waals surface area contributed by atoms with E-state index in [0.717, 1.165) is 112 Å². The van der Waals surface area contributed by atoms with Crippen LogP contribution in [-0.4, -0.2) is 150 Å². The summed E-state index contributed by atoms with van der Waals surface area (Å²) in [5.74, 6) is -2.70. The summed E-state index contributed by atoms with van der Waals surface area (Å²) < 4.78 is 10.2. The number of ketones is 3. The van der Waals surface area contributed by atoms with Crippen molar-refractivity contribution in [2.24, 2.45) is 56.0 Å². The summed E-state index contributed by atoms with van der Waals surface area (Å²) in [6.07, 6.45) is 23.4. The number of amides is 7. The molecule has 6 saturated carbocycles. The number of likely N-dealkylation sites (tertiary alicyclic amines) is 3. The number of H-pyrrole nitrogens is 3. The van der Waals surface area contributed by atoms with Gasteiger partial charge in [0, 0.05) is 91.2 Å². The molecule has 3 aromatic heterocycles. The van der Waals surface area contributed by atoms with E-state index in [4.69, 9.17) is 40.5 Å². The normalized spacial score (nSPS) is 24.8. The number of hydrogen-bond donors (Lipinski definition) is 7. The minimum atomic E-state index is -0.961. The summed E-state index contributed by atoms with van der Waals surface area (Å²) in [7, 11) is 0. The number of halogens is 4. The number of primary amides is 1. The number of benzene rings is 3. The number of aromatic amines is 3. The maximum Gasteiger partial charge on any atom is 0.271 e. The van der Waals surface area contributed by atoms with Crippen molar-refractivity contribution in [1.29, 1.82) is 10.5 Å². The number of carbonyl (C=O) groups is 10. The Hall–Kier alpha value is -8.29. The molecular weight excluding hydrogens is 1540 g/mol. The van der Waals surface area contributed by atoms with Crippen molar-refractivity contribution in [2.45, 2.75) is 251 Å². The minimum Gasteiger partial charge on any atom is -0.368 e. The van der Waals surface area contributed by atoms with Crippen molar-refractivity contribution >= 4 is 138 Å². The molecule has 7 amide bonds. The number of hydrogen-bond acceptors (Lipinski definition) is 13. The molecule has 3 aliphatic heterocycles. The summed E-state index contributed by atoms with van der Waals surface area (Å²) in [6.45, 7) is 13.9. The van der Waals surface area contributed by atoms with E-state index in [2.05, 4.69) is 70.7 Å². The SMILES string of the molecule is CC1(C)CC(=O)[C@H](C[C@@H](C#N)NC(=O)C2CC3(CCCCC3)CN2C(=O)c2cc3cccc(Cl)c3[nH]2)C1.CC1(C)CC(=O)[C@H](C[C@@H](C#N)NC(=O)C2CC3(CCCCC3)CN2C(=O)c2cc3cccc(Cl)c3[nH]2)C1.CC1(C)CC(=O)[C@H](C[C@H](NC(=O)C2CC3(CCCCC3)CN2C(=O)c2cc3cccc(Cl)c3[nH]2)C(N)=O)C1.CSF. The molecule has 3 aromatic carbocycles. The lowest BCUT2D eigenvalue weighted by Gasteiger charge is -2.32. The number of Topliss-reactive ketones (excluding diaryl/α,β-unsaturated/α-hetero) is 3. The molecule has 8 N–H and O–H groups in total. The molecule has 6 heterocycles. The maximum atomic E-state index is 13.8. The second-order valence-corrected chi connectivity index (χ2v) is 38.7. The molecule has 15 rings (SSSR count). The van der Waals surface area contributed by atoms with Crippen LogP contribution < -0.4 is 21.7 Å². The zero-order valence-electron chi connectivity index (χ0n) is 67.2. The van der Waals surface area contributed by atoms with Crippen LogP contribution in [-0.2, 0) is 33.6 Å². The molecule has 616 valence electrons. The minimum absolute atomic E-state index is 0.0731. The van der Waals surface area contributed by atoms with Crippen molar-refractivity contribution in [3.63, 3.8) is 0 Å². The van der Waals surface area contributed by atoms with Crippen LogP contribution in [0.4, 0.5) is 3.89 Å². The van der Waals surface area contributed by atoms with Crippen LogP contribution in [0.15, 0.2) is 72.8 Å². The van der Waals surface area contributed by atoms with Crippen molar-refractivity contribution in [3.8, 4) is 12.1 Å². The molecule has 9 fully saturated rings. The molecule has 9 aliphatic rings. The van der Waals surface area contributed by atoms with E-state index in [1.807, 2.05) is 50.2 Å². The topological polar surface area (TPSA) is 337 Å². The molecule has 9 atom stereocenters. The fourth-order valence-corrected chi connectivity index (χ4v) is 21.6. The number of fused-ring (bicyclic) bond motifs is 3. The Morgan fingerprint density at radius 3 is 1.01 bits per heavy atom. The van der Waals surface area contributed by atoms with Gasteiger partial charge in [0.2, 0.25) is 23.6 Å². The Balaban J connectivity index is 0.000000156. The van der Waals surface area contributed by atoms with Gasteiger partial charge in [-0.05, 0) is 165 Å². The fourth-order valence-electron chi connectivity index (χ4n) is 20.9. The second-order valence-electron chi connectivity index (χ2n) is 37.1.